The number of rotatable bonds is 7. The van der Waals surface area contributed by atoms with Crippen molar-refractivity contribution >= 4 is 11.7 Å². The van der Waals surface area contributed by atoms with Gasteiger partial charge in [-0.05, 0) is 77.6 Å². The molecule has 0 unspecified atom stereocenters. The third-order valence-corrected chi connectivity index (χ3v) is 6.53. The Balaban J connectivity index is 1.28. The van der Waals surface area contributed by atoms with Crippen molar-refractivity contribution in [1.82, 2.24) is 4.98 Å². The fourth-order valence-electron chi connectivity index (χ4n) is 4.64. The number of carbonyl (C=O) groups is 1. The van der Waals surface area contributed by atoms with Gasteiger partial charge in [0.05, 0.1) is 11.3 Å². The van der Waals surface area contributed by atoms with Gasteiger partial charge in [-0.3, -0.25) is 0 Å². The molecule has 5 nitrogen and oxygen atoms in total. The molecule has 194 valence electrons. The molecule has 0 fully saturated rings. The normalized spacial score (nSPS) is 13.2. The summed E-state index contributed by atoms with van der Waals surface area (Å²) < 4.78 is 45.7. The molecule has 38 heavy (non-hydrogen) atoms. The van der Waals surface area contributed by atoms with Crippen LogP contribution in [0.15, 0.2) is 84.9 Å². The number of nitrogens with zero attached hydrogens (tertiary/aromatic N) is 2. The van der Waals surface area contributed by atoms with Crippen molar-refractivity contribution < 1.29 is 27.8 Å². The zero-order valence-corrected chi connectivity index (χ0v) is 20.4. The number of aryl methyl sites for hydroxylation is 1. The van der Waals surface area contributed by atoms with Crippen LogP contribution < -0.4 is 9.64 Å². The summed E-state index contributed by atoms with van der Waals surface area (Å²) in [5.41, 5.74) is 4.44. The van der Waals surface area contributed by atoms with E-state index < -0.39 is 17.7 Å². The Morgan fingerprint density at radius 2 is 1.74 bits per heavy atom. The Hall–Kier alpha value is -4.33. The van der Waals surface area contributed by atoms with Crippen molar-refractivity contribution in [3.8, 4) is 16.9 Å². The SMILES string of the molecule is O=C(O)c1cccc(COc2ccc(-c3cccc(CN4CCCc5ccc(C(F)(F)F)cc54)c3)cc2)n1. The summed E-state index contributed by atoms with van der Waals surface area (Å²) in [6, 6.07) is 24.3. The van der Waals surface area contributed by atoms with E-state index in [1.807, 2.05) is 47.4 Å². The second kappa shape index (κ2) is 10.6. The van der Waals surface area contributed by atoms with E-state index >= 15 is 0 Å². The van der Waals surface area contributed by atoms with Gasteiger partial charge >= 0.3 is 12.1 Å². The summed E-state index contributed by atoms with van der Waals surface area (Å²) in [6.07, 6.45) is -2.69. The summed E-state index contributed by atoms with van der Waals surface area (Å²) in [4.78, 5) is 17.2. The van der Waals surface area contributed by atoms with E-state index in [-0.39, 0.29) is 12.3 Å². The number of carboxylic acids is 1. The van der Waals surface area contributed by atoms with Crippen molar-refractivity contribution in [2.24, 2.45) is 0 Å². The van der Waals surface area contributed by atoms with Gasteiger partial charge in [-0.1, -0.05) is 42.5 Å². The molecule has 0 spiro atoms. The average molecular weight is 519 g/mol. The number of hydrogen-bond donors (Lipinski definition) is 1. The number of ether oxygens (including phenoxy) is 1. The number of anilines is 1. The van der Waals surface area contributed by atoms with E-state index in [1.54, 1.807) is 18.2 Å². The topological polar surface area (TPSA) is 62.7 Å². The van der Waals surface area contributed by atoms with E-state index in [1.165, 1.54) is 18.2 Å². The first-order chi connectivity index (χ1) is 18.3. The number of fused-ring (bicyclic) bond motifs is 1. The molecule has 4 aromatic rings. The zero-order chi connectivity index (χ0) is 26.7. The molecular weight excluding hydrogens is 493 g/mol. The molecule has 1 aromatic heterocycles. The molecule has 0 amide bonds. The number of hydrogen-bond acceptors (Lipinski definition) is 4. The van der Waals surface area contributed by atoms with E-state index in [0.29, 0.717) is 30.2 Å². The number of alkyl halides is 3. The minimum absolute atomic E-state index is 0.0323. The molecule has 0 atom stereocenters. The molecule has 0 saturated heterocycles. The average Bonchev–Trinajstić information content (AvgIpc) is 2.92. The Kier molecular flexibility index (Phi) is 7.05. The van der Waals surface area contributed by atoms with Gasteiger partial charge in [-0.2, -0.15) is 13.2 Å². The third-order valence-electron chi connectivity index (χ3n) is 6.53. The second-order valence-electron chi connectivity index (χ2n) is 9.20. The molecule has 5 rings (SSSR count). The van der Waals surface area contributed by atoms with E-state index in [9.17, 15) is 18.0 Å². The molecule has 3 aromatic carbocycles. The van der Waals surface area contributed by atoms with Crippen LogP contribution in [-0.2, 0) is 25.7 Å². The lowest BCUT2D eigenvalue weighted by molar-refractivity contribution is -0.137. The third kappa shape index (κ3) is 5.80. The van der Waals surface area contributed by atoms with Crippen LogP contribution in [-0.4, -0.2) is 22.6 Å². The largest absolute Gasteiger partial charge is 0.487 e. The number of pyridine rings is 1. The van der Waals surface area contributed by atoms with Gasteiger partial charge in [0.25, 0.3) is 0 Å². The van der Waals surface area contributed by atoms with Crippen molar-refractivity contribution in [3.63, 3.8) is 0 Å². The summed E-state index contributed by atoms with van der Waals surface area (Å²) in [5.74, 6) is -0.466. The molecule has 8 heteroatoms. The number of aromatic carboxylic acids is 1. The van der Waals surface area contributed by atoms with Crippen molar-refractivity contribution in [2.45, 2.75) is 32.2 Å². The molecule has 1 N–H and O–H groups in total. The minimum Gasteiger partial charge on any atom is -0.487 e. The lowest BCUT2D eigenvalue weighted by Crippen LogP contribution is -2.29. The summed E-state index contributed by atoms with van der Waals surface area (Å²) in [5, 5.41) is 9.08. The van der Waals surface area contributed by atoms with Crippen LogP contribution >= 0.6 is 0 Å². The van der Waals surface area contributed by atoms with Gasteiger partial charge in [-0.25, -0.2) is 9.78 Å². The highest BCUT2D eigenvalue weighted by Crippen LogP contribution is 2.36. The first kappa shape index (κ1) is 25.3. The van der Waals surface area contributed by atoms with Crippen LogP contribution in [0.25, 0.3) is 11.1 Å². The monoisotopic (exact) mass is 518 g/mol. The van der Waals surface area contributed by atoms with Gasteiger partial charge in [0, 0.05) is 18.8 Å². The zero-order valence-electron chi connectivity index (χ0n) is 20.4. The molecule has 0 bridgehead atoms. The Bertz CT molecular complexity index is 1450. The first-order valence-corrected chi connectivity index (χ1v) is 12.2. The molecule has 1 aliphatic rings. The highest BCUT2D eigenvalue weighted by atomic mass is 19.4. The number of carboxylic acid groups (broad SMARTS) is 1. The van der Waals surface area contributed by atoms with Crippen LogP contribution in [0, 0.1) is 0 Å². The molecule has 0 radical (unpaired) electrons. The predicted molar refractivity (Wildman–Crippen MR) is 138 cm³/mol. The number of halogens is 3. The van der Waals surface area contributed by atoms with Gasteiger partial charge in [0.1, 0.15) is 18.1 Å². The van der Waals surface area contributed by atoms with E-state index in [0.717, 1.165) is 35.1 Å². The maximum atomic E-state index is 13.3. The van der Waals surface area contributed by atoms with Crippen LogP contribution in [0.2, 0.25) is 0 Å². The quantitative estimate of drug-likeness (QED) is 0.286. The van der Waals surface area contributed by atoms with Gasteiger partial charge in [0.2, 0.25) is 0 Å². The van der Waals surface area contributed by atoms with Crippen LogP contribution in [0.3, 0.4) is 0 Å². The van der Waals surface area contributed by atoms with Gasteiger partial charge in [0.15, 0.2) is 0 Å². The van der Waals surface area contributed by atoms with Crippen LogP contribution in [0.5, 0.6) is 5.75 Å². The second-order valence-corrected chi connectivity index (χ2v) is 9.20. The van der Waals surface area contributed by atoms with Crippen molar-refractivity contribution in [3.05, 3.63) is 113 Å². The molecule has 0 saturated carbocycles. The highest BCUT2D eigenvalue weighted by Gasteiger charge is 2.32. The van der Waals surface area contributed by atoms with Gasteiger partial charge in [-0.15, -0.1) is 0 Å². The Labute approximate surface area is 218 Å². The minimum atomic E-state index is -4.37. The predicted octanol–water partition coefficient (Wildman–Crippen LogP) is 7.00. The van der Waals surface area contributed by atoms with E-state index in [4.69, 9.17) is 9.84 Å². The summed E-state index contributed by atoms with van der Waals surface area (Å²) in [7, 11) is 0. The number of aromatic nitrogens is 1. The van der Waals surface area contributed by atoms with Crippen LogP contribution in [0.1, 0.15) is 39.3 Å². The Morgan fingerprint density at radius 1 is 0.947 bits per heavy atom. The molecule has 2 heterocycles. The molecular formula is C30H25F3N2O3. The van der Waals surface area contributed by atoms with Crippen molar-refractivity contribution in [1.29, 1.82) is 0 Å². The maximum absolute atomic E-state index is 13.3. The summed E-state index contributed by atoms with van der Waals surface area (Å²) in [6.45, 7) is 1.36. The fourth-order valence-corrected chi connectivity index (χ4v) is 4.64. The van der Waals surface area contributed by atoms with Crippen molar-refractivity contribution in [2.75, 3.05) is 11.4 Å². The summed E-state index contributed by atoms with van der Waals surface area (Å²) >= 11 is 0. The standard InChI is InChI=1S/C30H25F3N2O3/c31-30(32,33)24-12-9-22-6-3-15-35(28(22)17-24)18-20-4-1-5-23(16-20)21-10-13-26(14-11-21)38-19-25-7-2-8-27(34-25)29(36)37/h1-2,4-5,7-14,16-17H,3,6,15,18-19H2,(H,36,37). The van der Waals surface area contributed by atoms with Gasteiger partial charge < -0.3 is 14.7 Å². The maximum Gasteiger partial charge on any atom is 0.416 e. The lowest BCUT2D eigenvalue weighted by Gasteiger charge is -2.32. The smallest absolute Gasteiger partial charge is 0.416 e. The lowest BCUT2D eigenvalue weighted by atomic mass is 9.98. The van der Waals surface area contributed by atoms with E-state index in [2.05, 4.69) is 11.1 Å². The highest BCUT2D eigenvalue weighted by molar-refractivity contribution is 5.85. The fraction of sp³-hybridized carbons (Fsp3) is 0.200. The Morgan fingerprint density at radius 3 is 2.50 bits per heavy atom. The molecule has 0 aliphatic carbocycles. The van der Waals surface area contributed by atoms with Crippen LogP contribution in [0.4, 0.5) is 18.9 Å². The molecule has 1 aliphatic heterocycles. The number of benzene rings is 3. The first-order valence-electron chi connectivity index (χ1n) is 12.2.